The molecule has 0 bridgehead atoms. The molecule has 10 nitrogen and oxygen atoms in total. The SMILES string of the molecule is CN(CC1CNCCO1)c1ccc(-c2cccc(-c3ccc4c(c3)CCO4)c2)nn1.O=C(O)C(F)(F)F.O=C(O)C(F)(F)F. The Bertz CT molecular complexity index is 1390. The van der Waals surface area contributed by atoms with Crippen LogP contribution in [0.2, 0.25) is 0 Å². The summed E-state index contributed by atoms with van der Waals surface area (Å²) in [6.07, 6.45) is -9.01. The number of halogens is 6. The van der Waals surface area contributed by atoms with Gasteiger partial charge >= 0.3 is 24.3 Å². The maximum absolute atomic E-state index is 10.6. The van der Waals surface area contributed by atoms with Gasteiger partial charge < -0.3 is 29.9 Å². The fourth-order valence-electron chi connectivity index (χ4n) is 4.04. The molecule has 2 aromatic carbocycles. The molecule has 3 heterocycles. The highest BCUT2D eigenvalue weighted by Crippen LogP contribution is 2.32. The number of alkyl halides is 6. The van der Waals surface area contributed by atoms with Crippen molar-refractivity contribution in [1.82, 2.24) is 15.5 Å². The molecule has 2 aliphatic rings. The summed E-state index contributed by atoms with van der Waals surface area (Å²) >= 11 is 0. The third kappa shape index (κ3) is 10.1. The second kappa shape index (κ2) is 14.8. The minimum Gasteiger partial charge on any atom is -0.493 e. The van der Waals surface area contributed by atoms with E-state index in [4.69, 9.17) is 29.3 Å². The van der Waals surface area contributed by atoms with E-state index in [9.17, 15) is 26.3 Å². The van der Waals surface area contributed by atoms with Gasteiger partial charge in [-0.25, -0.2) is 9.59 Å². The maximum atomic E-state index is 10.6. The van der Waals surface area contributed by atoms with Gasteiger partial charge in [-0.05, 0) is 47.0 Å². The summed E-state index contributed by atoms with van der Waals surface area (Å²) in [5.41, 5.74) is 5.58. The number of morpholine rings is 1. The zero-order valence-corrected chi connectivity index (χ0v) is 23.2. The van der Waals surface area contributed by atoms with Gasteiger partial charge in [0.2, 0.25) is 0 Å². The third-order valence-corrected chi connectivity index (χ3v) is 6.19. The lowest BCUT2D eigenvalue weighted by molar-refractivity contribution is -0.193. The van der Waals surface area contributed by atoms with Crippen molar-refractivity contribution >= 4 is 17.8 Å². The van der Waals surface area contributed by atoms with E-state index in [0.717, 1.165) is 62.1 Å². The van der Waals surface area contributed by atoms with Crippen LogP contribution < -0.4 is 15.0 Å². The summed E-state index contributed by atoms with van der Waals surface area (Å²) < 4.78 is 74.9. The average Bonchev–Trinajstić information content (AvgIpc) is 3.46. The van der Waals surface area contributed by atoms with Crippen LogP contribution in [0.1, 0.15) is 5.56 Å². The van der Waals surface area contributed by atoms with Crippen molar-refractivity contribution in [3.05, 3.63) is 60.2 Å². The molecule has 44 heavy (non-hydrogen) atoms. The van der Waals surface area contributed by atoms with E-state index < -0.39 is 24.3 Å². The van der Waals surface area contributed by atoms with Gasteiger partial charge in [-0.15, -0.1) is 10.2 Å². The van der Waals surface area contributed by atoms with Crippen molar-refractivity contribution in [2.24, 2.45) is 0 Å². The topological polar surface area (TPSA) is 134 Å². The Hall–Kier alpha value is -4.44. The Morgan fingerprint density at radius 3 is 2.11 bits per heavy atom. The Labute approximate surface area is 247 Å². The van der Waals surface area contributed by atoms with E-state index in [0.29, 0.717) is 0 Å². The molecule has 1 fully saturated rings. The van der Waals surface area contributed by atoms with Crippen LogP contribution in [-0.4, -0.2) is 90.7 Å². The average molecular weight is 631 g/mol. The number of aliphatic carboxylic acids is 2. The molecule has 1 unspecified atom stereocenters. The number of anilines is 1. The highest BCUT2D eigenvalue weighted by Gasteiger charge is 2.38. The summed E-state index contributed by atoms with van der Waals surface area (Å²) in [4.78, 5) is 19.9. The van der Waals surface area contributed by atoms with Gasteiger partial charge in [-0.1, -0.05) is 24.3 Å². The fourth-order valence-corrected chi connectivity index (χ4v) is 4.04. The molecule has 3 N–H and O–H groups in total. The Kier molecular flexibility index (Phi) is 11.5. The fraction of sp³-hybridized carbons (Fsp3) is 0.357. The largest absolute Gasteiger partial charge is 0.493 e. The van der Waals surface area contributed by atoms with Gasteiger partial charge in [-0.2, -0.15) is 26.3 Å². The standard InChI is InChI=1S/C24H26N4O2.2C2HF3O2/c1-28(16-21-15-25-10-12-29-21)24-8-6-22(26-27-24)19-4-2-3-17(13-19)18-5-7-23-20(14-18)9-11-30-23;2*3-2(4,5)1(6)7/h2-8,13-14,21,25H,9-12,15-16H2,1H3;2*(H,6,7). The van der Waals surface area contributed by atoms with Crippen LogP contribution in [0.3, 0.4) is 0 Å². The van der Waals surface area contributed by atoms with Crippen LogP contribution in [-0.2, 0) is 20.7 Å². The molecule has 1 atom stereocenters. The van der Waals surface area contributed by atoms with E-state index in [2.05, 4.69) is 62.9 Å². The van der Waals surface area contributed by atoms with E-state index in [1.807, 2.05) is 19.2 Å². The molecule has 0 amide bonds. The first-order chi connectivity index (χ1) is 20.6. The van der Waals surface area contributed by atoms with Crippen molar-refractivity contribution in [2.45, 2.75) is 24.9 Å². The van der Waals surface area contributed by atoms with Crippen LogP contribution in [0.4, 0.5) is 32.2 Å². The number of carboxylic acids is 2. The molecule has 0 radical (unpaired) electrons. The van der Waals surface area contributed by atoms with Crippen molar-refractivity contribution in [3.8, 4) is 28.1 Å². The Morgan fingerprint density at radius 2 is 1.55 bits per heavy atom. The molecule has 16 heteroatoms. The third-order valence-electron chi connectivity index (χ3n) is 6.19. The van der Waals surface area contributed by atoms with Crippen LogP contribution in [0.15, 0.2) is 54.6 Å². The number of nitrogens with one attached hydrogen (secondary N) is 1. The second-order valence-electron chi connectivity index (χ2n) is 9.46. The first kappa shape index (κ1) is 34.1. The van der Waals surface area contributed by atoms with E-state index in [-0.39, 0.29) is 6.10 Å². The van der Waals surface area contributed by atoms with Gasteiger partial charge in [0, 0.05) is 38.7 Å². The molecule has 0 saturated carbocycles. The normalized spacial score (nSPS) is 15.8. The molecule has 0 aliphatic carbocycles. The quantitative estimate of drug-likeness (QED) is 0.348. The summed E-state index contributed by atoms with van der Waals surface area (Å²) in [6, 6.07) is 18.9. The number of hydrogen-bond acceptors (Lipinski definition) is 8. The van der Waals surface area contributed by atoms with Crippen LogP contribution >= 0.6 is 0 Å². The molecule has 1 saturated heterocycles. The summed E-state index contributed by atoms with van der Waals surface area (Å²) in [5.74, 6) is -3.66. The summed E-state index contributed by atoms with van der Waals surface area (Å²) in [6.45, 7) is 4.12. The number of fused-ring (bicyclic) bond motifs is 1. The minimum atomic E-state index is -5.08. The van der Waals surface area contributed by atoms with Crippen LogP contribution in [0, 0.1) is 0 Å². The highest BCUT2D eigenvalue weighted by molar-refractivity contribution is 5.74. The number of hydrogen-bond donors (Lipinski definition) is 3. The number of ether oxygens (including phenoxy) is 2. The van der Waals surface area contributed by atoms with Crippen molar-refractivity contribution < 1.29 is 55.6 Å². The van der Waals surface area contributed by atoms with Crippen molar-refractivity contribution in [2.75, 3.05) is 44.8 Å². The summed E-state index contributed by atoms with van der Waals surface area (Å²) in [5, 5.41) is 26.6. The molecule has 5 rings (SSSR count). The molecule has 3 aromatic rings. The van der Waals surface area contributed by atoms with Gasteiger partial charge in [-0.3, -0.25) is 0 Å². The second-order valence-corrected chi connectivity index (χ2v) is 9.46. The van der Waals surface area contributed by atoms with Crippen LogP contribution in [0.25, 0.3) is 22.4 Å². The molecular formula is C28H28F6N4O6. The number of rotatable bonds is 5. The van der Waals surface area contributed by atoms with Gasteiger partial charge in [0.15, 0.2) is 5.82 Å². The maximum Gasteiger partial charge on any atom is 0.490 e. The number of nitrogens with zero attached hydrogens (tertiary/aromatic N) is 3. The zero-order chi connectivity index (χ0) is 32.5. The highest BCUT2D eigenvalue weighted by atomic mass is 19.4. The lowest BCUT2D eigenvalue weighted by atomic mass is 9.99. The Morgan fingerprint density at radius 1 is 0.909 bits per heavy atom. The van der Waals surface area contributed by atoms with Crippen LogP contribution in [0.5, 0.6) is 5.75 Å². The van der Waals surface area contributed by atoms with Crippen molar-refractivity contribution in [3.63, 3.8) is 0 Å². The smallest absolute Gasteiger partial charge is 0.490 e. The van der Waals surface area contributed by atoms with E-state index >= 15 is 0 Å². The van der Waals surface area contributed by atoms with E-state index in [1.165, 1.54) is 16.7 Å². The number of carboxylic acid groups (broad SMARTS) is 2. The van der Waals surface area contributed by atoms with E-state index in [1.54, 1.807) is 0 Å². The Balaban J connectivity index is 0.000000317. The number of aromatic nitrogens is 2. The molecule has 1 aromatic heterocycles. The first-order valence-corrected chi connectivity index (χ1v) is 13.0. The van der Waals surface area contributed by atoms with Gasteiger partial charge in [0.05, 0.1) is 25.0 Å². The molecule has 0 spiro atoms. The number of likely N-dealkylation sites (N-methyl/N-ethyl adjacent to an activating group) is 1. The predicted octanol–water partition coefficient (Wildman–Crippen LogP) is 4.44. The molecule has 238 valence electrons. The zero-order valence-electron chi connectivity index (χ0n) is 23.2. The first-order valence-electron chi connectivity index (χ1n) is 13.0. The minimum absolute atomic E-state index is 0.180. The molecular weight excluding hydrogens is 602 g/mol. The van der Waals surface area contributed by atoms with Gasteiger partial charge in [0.25, 0.3) is 0 Å². The number of benzene rings is 2. The monoisotopic (exact) mass is 630 g/mol. The molecule has 2 aliphatic heterocycles. The van der Waals surface area contributed by atoms with Crippen molar-refractivity contribution in [1.29, 1.82) is 0 Å². The summed E-state index contributed by atoms with van der Waals surface area (Å²) in [7, 11) is 2.03. The number of carbonyl (C=O) groups is 2. The predicted molar refractivity (Wildman–Crippen MR) is 145 cm³/mol. The lowest BCUT2D eigenvalue weighted by Crippen LogP contribution is -2.44. The van der Waals surface area contributed by atoms with Gasteiger partial charge in [0.1, 0.15) is 5.75 Å². The lowest BCUT2D eigenvalue weighted by Gasteiger charge is -2.28.